The minimum atomic E-state index is -0.338. The molecular weight excluding hydrogens is 228 g/mol. The number of rotatable bonds is 1. The number of esters is 1. The summed E-state index contributed by atoms with van der Waals surface area (Å²) < 4.78 is 5.58. The van der Waals surface area contributed by atoms with Crippen LogP contribution in [0.2, 0.25) is 0 Å². The fourth-order valence-corrected chi connectivity index (χ4v) is 4.06. The predicted molar refractivity (Wildman–Crippen MR) is 67.7 cm³/mol. The van der Waals surface area contributed by atoms with E-state index < -0.39 is 0 Å². The normalized spacial score (nSPS) is 43.4. The van der Waals surface area contributed by atoms with Crippen LogP contribution in [0.1, 0.15) is 25.7 Å². The van der Waals surface area contributed by atoms with Crippen LogP contribution >= 0.6 is 0 Å². The van der Waals surface area contributed by atoms with Crippen molar-refractivity contribution in [3.05, 3.63) is 24.3 Å². The SMILES string of the molecule is C=C1CC[C@H]2C(=C)CC[C@@H]3[C@H](OC(=O)[C@H]3CO)[C@@H]12. The Morgan fingerprint density at radius 1 is 1.22 bits per heavy atom. The Balaban J connectivity index is 1.96. The van der Waals surface area contributed by atoms with Crippen molar-refractivity contribution in [3.63, 3.8) is 0 Å². The summed E-state index contributed by atoms with van der Waals surface area (Å²) in [6, 6.07) is 0. The zero-order valence-corrected chi connectivity index (χ0v) is 10.6. The van der Waals surface area contributed by atoms with Gasteiger partial charge in [0.1, 0.15) is 6.10 Å². The summed E-state index contributed by atoms with van der Waals surface area (Å²) in [6.45, 7) is 8.26. The van der Waals surface area contributed by atoms with E-state index in [0.717, 1.165) is 25.7 Å². The Morgan fingerprint density at radius 2 is 1.94 bits per heavy atom. The topological polar surface area (TPSA) is 46.5 Å². The third-order valence-electron chi connectivity index (χ3n) is 5.05. The molecule has 1 aliphatic heterocycles. The zero-order valence-electron chi connectivity index (χ0n) is 10.6. The molecule has 0 bridgehead atoms. The average Bonchev–Trinajstić information content (AvgIpc) is 2.82. The number of ether oxygens (including phenoxy) is 1. The summed E-state index contributed by atoms with van der Waals surface area (Å²) in [5, 5.41) is 9.39. The molecule has 0 aromatic rings. The number of aliphatic hydroxyl groups is 1. The Morgan fingerprint density at radius 3 is 2.67 bits per heavy atom. The van der Waals surface area contributed by atoms with Gasteiger partial charge in [-0.3, -0.25) is 4.79 Å². The molecule has 3 heteroatoms. The third-order valence-corrected chi connectivity index (χ3v) is 5.05. The summed E-state index contributed by atoms with van der Waals surface area (Å²) in [6.07, 6.45) is 3.88. The summed E-state index contributed by atoms with van der Waals surface area (Å²) in [4.78, 5) is 11.8. The summed E-state index contributed by atoms with van der Waals surface area (Å²) >= 11 is 0. The average molecular weight is 248 g/mol. The first-order valence-electron chi connectivity index (χ1n) is 6.80. The van der Waals surface area contributed by atoms with E-state index in [0.29, 0.717) is 5.92 Å². The van der Waals surface area contributed by atoms with Crippen LogP contribution in [0.3, 0.4) is 0 Å². The van der Waals surface area contributed by atoms with Gasteiger partial charge in [0.25, 0.3) is 0 Å². The van der Waals surface area contributed by atoms with Crippen LogP contribution in [0.15, 0.2) is 24.3 Å². The van der Waals surface area contributed by atoms with Crippen LogP contribution in [0.5, 0.6) is 0 Å². The van der Waals surface area contributed by atoms with E-state index in [4.69, 9.17) is 4.74 Å². The van der Waals surface area contributed by atoms with Crippen molar-refractivity contribution >= 4 is 5.97 Å². The molecule has 2 aliphatic carbocycles. The Kier molecular flexibility index (Phi) is 2.81. The summed E-state index contributed by atoms with van der Waals surface area (Å²) in [7, 11) is 0. The molecule has 1 N–H and O–H groups in total. The lowest BCUT2D eigenvalue weighted by Crippen LogP contribution is -2.30. The highest BCUT2D eigenvalue weighted by molar-refractivity contribution is 5.75. The number of carbonyl (C=O) groups excluding carboxylic acids is 1. The molecule has 0 aromatic carbocycles. The number of hydrogen-bond donors (Lipinski definition) is 1. The van der Waals surface area contributed by atoms with Gasteiger partial charge in [0.05, 0.1) is 12.5 Å². The molecule has 18 heavy (non-hydrogen) atoms. The highest BCUT2D eigenvalue weighted by Gasteiger charge is 2.53. The van der Waals surface area contributed by atoms with E-state index >= 15 is 0 Å². The van der Waals surface area contributed by atoms with E-state index in [-0.39, 0.29) is 36.4 Å². The van der Waals surface area contributed by atoms with Crippen LogP contribution in [0, 0.1) is 23.7 Å². The standard InChI is InChI=1S/C15H20O3/c1-8-3-6-11-12(7-16)15(17)18-14(11)13-9(2)4-5-10(8)13/h10-14,16H,1-7H2/t10-,11-,12-,13-,14-/m0/s1. The van der Waals surface area contributed by atoms with E-state index in [9.17, 15) is 9.90 Å². The maximum Gasteiger partial charge on any atom is 0.312 e. The van der Waals surface area contributed by atoms with Gasteiger partial charge >= 0.3 is 5.97 Å². The molecule has 0 amide bonds. The minimum Gasteiger partial charge on any atom is -0.461 e. The van der Waals surface area contributed by atoms with Crippen LogP contribution in [0.4, 0.5) is 0 Å². The molecule has 0 unspecified atom stereocenters. The van der Waals surface area contributed by atoms with Gasteiger partial charge in [-0.15, -0.1) is 0 Å². The largest absolute Gasteiger partial charge is 0.461 e. The molecular formula is C15H20O3. The van der Waals surface area contributed by atoms with E-state index in [1.165, 1.54) is 11.1 Å². The number of allylic oxidation sites excluding steroid dienone is 1. The lowest BCUT2D eigenvalue weighted by atomic mass is 9.80. The maximum atomic E-state index is 11.8. The van der Waals surface area contributed by atoms with Gasteiger partial charge in [0.2, 0.25) is 0 Å². The first kappa shape index (κ1) is 12.0. The molecule has 5 atom stereocenters. The lowest BCUT2D eigenvalue weighted by Gasteiger charge is -2.26. The van der Waals surface area contributed by atoms with Crippen molar-refractivity contribution < 1.29 is 14.6 Å². The molecule has 98 valence electrons. The molecule has 1 saturated heterocycles. The van der Waals surface area contributed by atoms with Crippen molar-refractivity contribution in [2.75, 3.05) is 6.61 Å². The molecule has 3 rings (SSSR count). The van der Waals surface area contributed by atoms with Gasteiger partial charge in [-0.25, -0.2) is 0 Å². The van der Waals surface area contributed by atoms with Gasteiger partial charge in [-0.2, -0.15) is 0 Å². The second kappa shape index (κ2) is 4.23. The van der Waals surface area contributed by atoms with Crippen LogP contribution in [-0.2, 0) is 9.53 Å². The Bertz CT molecular complexity index is 412. The van der Waals surface area contributed by atoms with E-state index in [2.05, 4.69) is 13.2 Å². The minimum absolute atomic E-state index is 0.0751. The number of hydrogen-bond acceptors (Lipinski definition) is 3. The molecule has 0 radical (unpaired) electrons. The van der Waals surface area contributed by atoms with Crippen molar-refractivity contribution in [3.8, 4) is 0 Å². The first-order valence-corrected chi connectivity index (χ1v) is 6.80. The maximum absolute atomic E-state index is 11.8. The summed E-state index contributed by atoms with van der Waals surface area (Å²) in [5.41, 5.74) is 2.48. The van der Waals surface area contributed by atoms with E-state index in [1.54, 1.807) is 0 Å². The van der Waals surface area contributed by atoms with Gasteiger partial charge < -0.3 is 9.84 Å². The monoisotopic (exact) mass is 248 g/mol. The molecule has 0 aromatic heterocycles. The fourth-order valence-electron chi connectivity index (χ4n) is 4.06. The second-order valence-electron chi connectivity index (χ2n) is 5.88. The highest BCUT2D eigenvalue weighted by Crippen LogP contribution is 2.52. The van der Waals surface area contributed by atoms with Crippen molar-refractivity contribution in [2.45, 2.75) is 31.8 Å². The Hall–Kier alpha value is -1.09. The van der Waals surface area contributed by atoms with Gasteiger partial charge in [-0.1, -0.05) is 24.3 Å². The van der Waals surface area contributed by atoms with E-state index in [1.807, 2.05) is 0 Å². The molecule has 3 aliphatic rings. The number of carbonyl (C=O) groups is 1. The van der Waals surface area contributed by atoms with Gasteiger partial charge in [0, 0.05) is 11.8 Å². The smallest absolute Gasteiger partial charge is 0.312 e. The van der Waals surface area contributed by atoms with Crippen molar-refractivity contribution in [2.24, 2.45) is 23.7 Å². The quantitative estimate of drug-likeness (QED) is 0.571. The second-order valence-corrected chi connectivity index (χ2v) is 5.88. The zero-order chi connectivity index (χ0) is 12.9. The van der Waals surface area contributed by atoms with Gasteiger partial charge in [0.15, 0.2) is 0 Å². The third kappa shape index (κ3) is 1.57. The molecule has 3 nitrogen and oxygen atoms in total. The predicted octanol–water partition coefficient (Wildman–Crippen LogP) is 2.07. The molecule has 0 spiro atoms. The molecule has 1 heterocycles. The van der Waals surface area contributed by atoms with Crippen molar-refractivity contribution in [1.29, 1.82) is 0 Å². The van der Waals surface area contributed by atoms with Crippen molar-refractivity contribution in [1.82, 2.24) is 0 Å². The van der Waals surface area contributed by atoms with Crippen LogP contribution < -0.4 is 0 Å². The van der Waals surface area contributed by atoms with Gasteiger partial charge in [-0.05, 0) is 31.6 Å². The number of aliphatic hydroxyl groups excluding tert-OH is 1. The van der Waals surface area contributed by atoms with Crippen LogP contribution in [0.25, 0.3) is 0 Å². The highest BCUT2D eigenvalue weighted by atomic mass is 16.6. The number of fused-ring (bicyclic) bond motifs is 3. The summed E-state index contributed by atoms with van der Waals surface area (Å²) in [5.74, 6) is 0.251. The molecule has 2 saturated carbocycles. The Labute approximate surface area is 108 Å². The lowest BCUT2D eigenvalue weighted by molar-refractivity contribution is -0.146. The first-order chi connectivity index (χ1) is 8.63. The van der Waals surface area contributed by atoms with Crippen LogP contribution in [-0.4, -0.2) is 23.8 Å². The molecule has 3 fully saturated rings. The fraction of sp³-hybridized carbons (Fsp3) is 0.667.